The molecule has 3 N–H and O–H groups in total. The van der Waals surface area contributed by atoms with Crippen molar-refractivity contribution in [1.29, 1.82) is 0 Å². The molecule has 0 aliphatic heterocycles. The van der Waals surface area contributed by atoms with Gasteiger partial charge in [0.05, 0.1) is 10.7 Å². The summed E-state index contributed by atoms with van der Waals surface area (Å²) < 4.78 is 0. The summed E-state index contributed by atoms with van der Waals surface area (Å²) in [6.45, 7) is 0. The number of hydrogen-bond donors (Lipinski definition) is 2. The summed E-state index contributed by atoms with van der Waals surface area (Å²) in [5, 5.41) is 11.9. The second-order valence-electron chi connectivity index (χ2n) is 2.61. The molecule has 0 fully saturated rings. The van der Waals surface area contributed by atoms with E-state index >= 15 is 0 Å². The smallest absolute Gasteiger partial charge is 0.209 e. The van der Waals surface area contributed by atoms with E-state index in [0.717, 1.165) is 5.69 Å². The Morgan fingerprint density at radius 2 is 2.29 bits per heavy atom. The average Bonchev–Trinajstić information content (AvgIpc) is 2.64. The van der Waals surface area contributed by atoms with Gasteiger partial charge in [-0.15, -0.1) is 10.2 Å². The summed E-state index contributed by atoms with van der Waals surface area (Å²) in [5.74, 6) is 0. The van der Waals surface area contributed by atoms with E-state index in [4.69, 9.17) is 17.3 Å². The lowest BCUT2D eigenvalue weighted by atomic mass is 10.3. The molecule has 0 radical (unpaired) electrons. The highest BCUT2D eigenvalue weighted by atomic mass is 35.5. The number of rotatable bonds is 2. The van der Waals surface area contributed by atoms with E-state index in [1.54, 1.807) is 23.7 Å². The van der Waals surface area contributed by atoms with Gasteiger partial charge in [-0.05, 0) is 18.2 Å². The molecule has 1 aromatic carbocycles. The van der Waals surface area contributed by atoms with E-state index in [2.05, 4.69) is 15.5 Å². The zero-order valence-electron chi connectivity index (χ0n) is 7.07. The molecule has 0 atom stereocenters. The first-order chi connectivity index (χ1) is 6.75. The first-order valence-corrected chi connectivity index (χ1v) is 5.09. The van der Waals surface area contributed by atoms with Crippen LogP contribution >= 0.6 is 22.9 Å². The minimum absolute atomic E-state index is 0.606. The topological polar surface area (TPSA) is 63.8 Å². The Morgan fingerprint density at radius 3 is 3.00 bits per heavy atom. The Hall–Kier alpha value is -1.33. The minimum atomic E-state index is 0.606. The van der Waals surface area contributed by atoms with Crippen molar-refractivity contribution >= 4 is 39.4 Å². The van der Waals surface area contributed by atoms with Gasteiger partial charge in [0, 0.05) is 5.69 Å². The highest BCUT2D eigenvalue weighted by molar-refractivity contribution is 7.13. The van der Waals surface area contributed by atoms with Gasteiger partial charge in [-0.3, -0.25) is 0 Å². The van der Waals surface area contributed by atoms with Crippen molar-refractivity contribution in [1.82, 2.24) is 10.2 Å². The maximum atomic E-state index is 5.95. The van der Waals surface area contributed by atoms with Gasteiger partial charge in [-0.2, -0.15) is 0 Å². The SMILES string of the molecule is Nc1ccc(Cl)c(Nc2nncs2)c1. The summed E-state index contributed by atoms with van der Waals surface area (Å²) in [6.07, 6.45) is 0. The largest absolute Gasteiger partial charge is 0.399 e. The van der Waals surface area contributed by atoms with Crippen molar-refractivity contribution < 1.29 is 0 Å². The zero-order chi connectivity index (χ0) is 9.97. The Balaban J connectivity index is 2.28. The molecule has 0 saturated heterocycles. The molecule has 1 heterocycles. The monoisotopic (exact) mass is 226 g/mol. The number of benzene rings is 1. The van der Waals surface area contributed by atoms with E-state index in [9.17, 15) is 0 Å². The first kappa shape index (κ1) is 9.23. The Kier molecular flexibility index (Phi) is 2.51. The summed E-state index contributed by atoms with van der Waals surface area (Å²) in [5.41, 5.74) is 8.66. The van der Waals surface area contributed by atoms with Gasteiger partial charge in [0.1, 0.15) is 5.51 Å². The van der Waals surface area contributed by atoms with Crippen molar-refractivity contribution in [2.75, 3.05) is 11.1 Å². The standard InChI is InChI=1S/C8H7ClN4S/c9-6-2-1-5(10)3-7(6)12-8-13-11-4-14-8/h1-4H,10H2,(H,12,13). The highest BCUT2D eigenvalue weighted by Crippen LogP contribution is 2.27. The van der Waals surface area contributed by atoms with E-state index in [0.29, 0.717) is 15.8 Å². The average molecular weight is 227 g/mol. The molecule has 0 spiro atoms. The second kappa shape index (κ2) is 3.81. The van der Waals surface area contributed by atoms with Gasteiger partial charge < -0.3 is 11.1 Å². The van der Waals surface area contributed by atoms with Crippen LogP contribution in [0.25, 0.3) is 0 Å². The number of aromatic nitrogens is 2. The van der Waals surface area contributed by atoms with Gasteiger partial charge in [0.15, 0.2) is 0 Å². The quantitative estimate of drug-likeness (QED) is 0.773. The van der Waals surface area contributed by atoms with Gasteiger partial charge in [0.2, 0.25) is 5.13 Å². The van der Waals surface area contributed by atoms with Gasteiger partial charge >= 0.3 is 0 Å². The van der Waals surface area contributed by atoms with Crippen LogP contribution in [-0.2, 0) is 0 Å². The molecule has 0 amide bonds. The molecule has 2 rings (SSSR count). The van der Waals surface area contributed by atoms with Gasteiger partial charge in [-0.25, -0.2) is 0 Å². The number of anilines is 3. The number of nitrogens with two attached hydrogens (primary N) is 1. The zero-order valence-corrected chi connectivity index (χ0v) is 8.64. The van der Waals surface area contributed by atoms with Crippen molar-refractivity contribution in [2.24, 2.45) is 0 Å². The Bertz CT molecular complexity index is 429. The van der Waals surface area contributed by atoms with Crippen LogP contribution in [0.2, 0.25) is 5.02 Å². The molecule has 0 bridgehead atoms. The van der Waals surface area contributed by atoms with Crippen LogP contribution in [-0.4, -0.2) is 10.2 Å². The van der Waals surface area contributed by atoms with Crippen LogP contribution < -0.4 is 11.1 Å². The molecule has 1 aromatic heterocycles. The number of nitrogens with zero attached hydrogens (tertiary/aromatic N) is 2. The normalized spacial score (nSPS) is 10.1. The number of nitrogens with one attached hydrogen (secondary N) is 1. The lowest BCUT2D eigenvalue weighted by molar-refractivity contribution is 1.09. The van der Waals surface area contributed by atoms with Crippen LogP contribution in [0.5, 0.6) is 0 Å². The second-order valence-corrected chi connectivity index (χ2v) is 3.85. The number of hydrogen-bond acceptors (Lipinski definition) is 5. The third-order valence-corrected chi connectivity index (χ3v) is 2.53. The molecule has 0 saturated carbocycles. The molecule has 6 heteroatoms. The molecular weight excluding hydrogens is 220 g/mol. The van der Waals surface area contributed by atoms with Crippen LogP contribution in [0.1, 0.15) is 0 Å². The predicted molar refractivity (Wildman–Crippen MR) is 59.1 cm³/mol. The maximum Gasteiger partial charge on any atom is 0.209 e. The minimum Gasteiger partial charge on any atom is -0.399 e. The van der Waals surface area contributed by atoms with Crippen LogP contribution in [0.3, 0.4) is 0 Å². The predicted octanol–water partition coefficient (Wildman–Crippen LogP) is 2.52. The fraction of sp³-hybridized carbons (Fsp3) is 0. The molecule has 0 aliphatic rings. The summed E-state index contributed by atoms with van der Waals surface area (Å²) in [4.78, 5) is 0. The lowest BCUT2D eigenvalue weighted by Crippen LogP contribution is -1.92. The van der Waals surface area contributed by atoms with Crippen LogP contribution in [0.15, 0.2) is 23.7 Å². The molecule has 72 valence electrons. The maximum absolute atomic E-state index is 5.95. The third kappa shape index (κ3) is 1.94. The molecule has 14 heavy (non-hydrogen) atoms. The number of halogens is 1. The van der Waals surface area contributed by atoms with E-state index in [1.165, 1.54) is 11.3 Å². The summed E-state index contributed by atoms with van der Waals surface area (Å²) >= 11 is 7.35. The highest BCUT2D eigenvalue weighted by Gasteiger charge is 2.02. The van der Waals surface area contributed by atoms with Crippen molar-refractivity contribution in [2.45, 2.75) is 0 Å². The van der Waals surface area contributed by atoms with Crippen molar-refractivity contribution in [3.05, 3.63) is 28.7 Å². The third-order valence-electron chi connectivity index (χ3n) is 1.59. The lowest BCUT2D eigenvalue weighted by Gasteiger charge is -2.05. The molecular formula is C8H7ClN4S. The summed E-state index contributed by atoms with van der Waals surface area (Å²) in [6, 6.07) is 5.23. The Morgan fingerprint density at radius 1 is 1.43 bits per heavy atom. The van der Waals surface area contributed by atoms with Crippen molar-refractivity contribution in [3.63, 3.8) is 0 Å². The molecule has 4 nitrogen and oxygen atoms in total. The van der Waals surface area contributed by atoms with E-state index < -0.39 is 0 Å². The van der Waals surface area contributed by atoms with Crippen molar-refractivity contribution in [3.8, 4) is 0 Å². The fourth-order valence-electron chi connectivity index (χ4n) is 0.981. The fourth-order valence-corrected chi connectivity index (χ4v) is 1.60. The molecule has 0 unspecified atom stereocenters. The number of nitrogen functional groups attached to an aromatic ring is 1. The van der Waals surface area contributed by atoms with Crippen LogP contribution in [0.4, 0.5) is 16.5 Å². The molecule has 2 aromatic rings. The van der Waals surface area contributed by atoms with E-state index in [1.807, 2.05) is 0 Å². The van der Waals surface area contributed by atoms with Gasteiger partial charge in [-0.1, -0.05) is 22.9 Å². The Labute approximate surface area is 89.7 Å². The summed E-state index contributed by atoms with van der Waals surface area (Å²) in [7, 11) is 0. The first-order valence-electron chi connectivity index (χ1n) is 3.84. The van der Waals surface area contributed by atoms with E-state index in [-0.39, 0.29) is 0 Å². The van der Waals surface area contributed by atoms with Crippen LogP contribution in [0, 0.1) is 0 Å². The molecule has 0 aliphatic carbocycles. The van der Waals surface area contributed by atoms with Gasteiger partial charge in [0.25, 0.3) is 0 Å².